The van der Waals surface area contributed by atoms with E-state index >= 15 is 0 Å². The number of rotatable bonds is 3. The molecule has 0 aliphatic carbocycles. The summed E-state index contributed by atoms with van der Waals surface area (Å²) in [5, 5.41) is 7.41. The van der Waals surface area contributed by atoms with Crippen molar-refractivity contribution in [1.82, 2.24) is 15.5 Å². The fraction of sp³-hybridized carbons (Fsp3) is 0.429. The highest BCUT2D eigenvalue weighted by Crippen LogP contribution is 2.30. The highest BCUT2D eigenvalue weighted by atomic mass is 16.5. The van der Waals surface area contributed by atoms with Gasteiger partial charge < -0.3 is 14.6 Å². The van der Waals surface area contributed by atoms with Gasteiger partial charge in [-0.3, -0.25) is 0 Å². The predicted molar refractivity (Wildman–Crippen MR) is 71.0 cm³/mol. The van der Waals surface area contributed by atoms with Crippen LogP contribution >= 0.6 is 0 Å². The first-order chi connectivity index (χ1) is 9.28. The third kappa shape index (κ3) is 2.33. The maximum absolute atomic E-state index is 5.38. The van der Waals surface area contributed by atoms with Gasteiger partial charge in [0.05, 0.1) is 18.7 Å². The number of methoxy groups -OCH3 is 1. The summed E-state index contributed by atoms with van der Waals surface area (Å²) in [6.45, 7) is 3.03. The number of aromatic nitrogens is 2. The Morgan fingerprint density at radius 1 is 1.42 bits per heavy atom. The Morgan fingerprint density at radius 2 is 2.32 bits per heavy atom. The molecule has 1 atom stereocenters. The molecule has 1 saturated heterocycles. The Bertz CT molecular complexity index is 574. The molecule has 2 aromatic rings. The van der Waals surface area contributed by atoms with E-state index in [0.717, 1.165) is 36.3 Å². The van der Waals surface area contributed by atoms with E-state index in [-0.39, 0.29) is 6.04 Å². The zero-order valence-corrected chi connectivity index (χ0v) is 11.1. The number of hydrogen-bond acceptors (Lipinski definition) is 5. The molecule has 0 unspecified atom stereocenters. The normalized spacial score (nSPS) is 18.7. The van der Waals surface area contributed by atoms with Crippen molar-refractivity contribution in [2.45, 2.75) is 25.8 Å². The van der Waals surface area contributed by atoms with Crippen LogP contribution in [0.2, 0.25) is 0 Å². The fourth-order valence-electron chi connectivity index (χ4n) is 2.36. The quantitative estimate of drug-likeness (QED) is 0.917. The van der Waals surface area contributed by atoms with Gasteiger partial charge in [-0.2, -0.15) is 4.98 Å². The van der Waals surface area contributed by atoms with E-state index in [1.165, 1.54) is 0 Å². The number of hydrogen-bond donors (Lipinski definition) is 1. The molecule has 1 aliphatic heterocycles. The lowest BCUT2D eigenvalue weighted by Crippen LogP contribution is -2.12. The third-order valence-corrected chi connectivity index (χ3v) is 3.40. The predicted octanol–water partition coefficient (Wildman–Crippen LogP) is 2.48. The average Bonchev–Trinajstić information content (AvgIpc) is 3.09. The van der Waals surface area contributed by atoms with Gasteiger partial charge in [-0.15, -0.1) is 0 Å². The second kappa shape index (κ2) is 5.01. The number of nitrogens with one attached hydrogen (secondary N) is 1. The van der Waals surface area contributed by atoms with Crippen LogP contribution < -0.4 is 10.1 Å². The first-order valence-corrected chi connectivity index (χ1v) is 6.50. The topological polar surface area (TPSA) is 60.2 Å². The van der Waals surface area contributed by atoms with Crippen molar-refractivity contribution in [3.05, 3.63) is 29.7 Å². The van der Waals surface area contributed by atoms with Crippen LogP contribution in [-0.2, 0) is 0 Å². The highest BCUT2D eigenvalue weighted by molar-refractivity contribution is 5.64. The van der Waals surface area contributed by atoms with Crippen molar-refractivity contribution in [3.8, 4) is 17.1 Å². The molecule has 0 radical (unpaired) electrons. The highest BCUT2D eigenvalue weighted by Gasteiger charge is 2.23. The van der Waals surface area contributed by atoms with Gasteiger partial charge in [0.2, 0.25) is 11.7 Å². The zero-order chi connectivity index (χ0) is 13.2. The lowest BCUT2D eigenvalue weighted by molar-refractivity contribution is 0.344. The summed E-state index contributed by atoms with van der Waals surface area (Å²) in [5.74, 6) is 2.02. The molecular formula is C14H17N3O2. The van der Waals surface area contributed by atoms with Crippen molar-refractivity contribution >= 4 is 0 Å². The monoisotopic (exact) mass is 259 g/mol. The number of benzene rings is 1. The molecule has 0 amide bonds. The largest absolute Gasteiger partial charge is 0.496 e. The fourth-order valence-corrected chi connectivity index (χ4v) is 2.36. The van der Waals surface area contributed by atoms with Crippen LogP contribution in [0, 0.1) is 6.92 Å². The average molecular weight is 259 g/mol. The summed E-state index contributed by atoms with van der Waals surface area (Å²) >= 11 is 0. The zero-order valence-electron chi connectivity index (χ0n) is 11.1. The van der Waals surface area contributed by atoms with Gasteiger partial charge >= 0.3 is 0 Å². The van der Waals surface area contributed by atoms with Crippen LogP contribution in [0.15, 0.2) is 22.7 Å². The summed E-state index contributed by atoms with van der Waals surface area (Å²) in [5.41, 5.74) is 2.00. The molecule has 19 heavy (non-hydrogen) atoms. The lowest BCUT2D eigenvalue weighted by Gasteiger charge is -2.05. The number of nitrogens with zero attached hydrogens (tertiary/aromatic N) is 2. The molecular weight excluding hydrogens is 242 g/mol. The first-order valence-electron chi connectivity index (χ1n) is 6.50. The molecule has 1 fully saturated rings. The second-order valence-corrected chi connectivity index (χ2v) is 4.81. The van der Waals surface area contributed by atoms with Crippen LogP contribution in [0.1, 0.15) is 30.3 Å². The van der Waals surface area contributed by atoms with Crippen LogP contribution in [0.5, 0.6) is 5.75 Å². The summed E-state index contributed by atoms with van der Waals surface area (Å²) < 4.78 is 10.7. The third-order valence-electron chi connectivity index (χ3n) is 3.40. The maximum Gasteiger partial charge on any atom is 0.244 e. The number of aryl methyl sites for hydroxylation is 1. The van der Waals surface area contributed by atoms with Gasteiger partial charge in [0, 0.05) is 0 Å². The Balaban J connectivity index is 1.93. The van der Waals surface area contributed by atoms with Crippen LogP contribution in [0.4, 0.5) is 0 Å². The smallest absolute Gasteiger partial charge is 0.244 e. The molecule has 3 rings (SSSR count). The van der Waals surface area contributed by atoms with Gasteiger partial charge in [0.1, 0.15) is 5.75 Å². The minimum Gasteiger partial charge on any atom is -0.496 e. The summed E-state index contributed by atoms with van der Waals surface area (Å²) in [6, 6.07) is 6.14. The van der Waals surface area contributed by atoms with E-state index in [4.69, 9.17) is 9.26 Å². The molecule has 0 saturated carbocycles. The summed E-state index contributed by atoms with van der Waals surface area (Å²) in [6.07, 6.45) is 2.20. The van der Waals surface area contributed by atoms with Gasteiger partial charge in [-0.25, -0.2) is 0 Å². The molecule has 1 aromatic heterocycles. The van der Waals surface area contributed by atoms with Gasteiger partial charge in [0.25, 0.3) is 0 Å². The van der Waals surface area contributed by atoms with E-state index in [1.54, 1.807) is 7.11 Å². The second-order valence-electron chi connectivity index (χ2n) is 4.81. The van der Waals surface area contributed by atoms with Crippen LogP contribution in [0.3, 0.4) is 0 Å². The molecule has 5 nitrogen and oxygen atoms in total. The van der Waals surface area contributed by atoms with E-state index in [2.05, 4.69) is 15.5 Å². The Labute approximate surface area is 112 Å². The summed E-state index contributed by atoms with van der Waals surface area (Å²) in [7, 11) is 1.65. The van der Waals surface area contributed by atoms with Crippen molar-refractivity contribution < 1.29 is 9.26 Å². The maximum atomic E-state index is 5.38. The van der Waals surface area contributed by atoms with Crippen LogP contribution in [0.25, 0.3) is 11.4 Å². The molecule has 0 bridgehead atoms. The lowest BCUT2D eigenvalue weighted by atomic mass is 10.1. The molecule has 5 heteroatoms. The van der Waals surface area contributed by atoms with E-state index in [1.807, 2.05) is 25.1 Å². The minimum atomic E-state index is 0.192. The first kappa shape index (κ1) is 12.2. The summed E-state index contributed by atoms with van der Waals surface area (Å²) in [4.78, 5) is 4.48. The minimum absolute atomic E-state index is 0.192. The van der Waals surface area contributed by atoms with Crippen molar-refractivity contribution in [1.29, 1.82) is 0 Å². The number of ether oxygens (including phenoxy) is 1. The molecule has 2 heterocycles. The standard InChI is InChI=1S/C14H17N3O2/c1-9-5-6-10(12(8-9)18-2)13-16-14(19-17-13)11-4-3-7-15-11/h5-6,8,11,15H,3-4,7H2,1-2H3/t11-/m0/s1. The van der Waals surface area contributed by atoms with Crippen molar-refractivity contribution in [3.63, 3.8) is 0 Å². The molecule has 1 N–H and O–H groups in total. The van der Waals surface area contributed by atoms with Gasteiger partial charge in [-0.05, 0) is 44.0 Å². The Morgan fingerprint density at radius 3 is 3.05 bits per heavy atom. The van der Waals surface area contributed by atoms with E-state index < -0.39 is 0 Å². The van der Waals surface area contributed by atoms with Gasteiger partial charge in [0.15, 0.2) is 0 Å². The van der Waals surface area contributed by atoms with Crippen molar-refractivity contribution in [2.75, 3.05) is 13.7 Å². The van der Waals surface area contributed by atoms with Crippen molar-refractivity contribution in [2.24, 2.45) is 0 Å². The Kier molecular flexibility index (Phi) is 3.21. The molecule has 0 spiro atoms. The van der Waals surface area contributed by atoms with Gasteiger partial charge in [-0.1, -0.05) is 11.2 Å². The SMILES string of the molecule is COc1cc(C)ccc1-c1noc([C@@H]2CCCN2)n1. The van der Waals surface area contributed by atoms with E-state index in [0.29, 0.717) is 11.7 Å². The Hall–Kier alpha value is -1.88. The molecule has 1 aromatic carbocycles. The van der Waals surface area contributed by atoms with E-state index in [9.17, 15) is 0 Å². The molecule has 1 aliphatic rings. The van der Waals surface area contributed by atoms with Crippen LogP contribution in [-0.4, -0.2) is 23.8 Å². The molecule has 100 valence electrons.